The van der Waals surface area contributed by atoms with Crippen LogP contribution in [0.5, 0.6) is 0 Å². The van der Waals surface area contributed by atoms with Crippen molar-refractivity contribution in [2.75, 3.05) is 44.7 Å². The molecule has 2 aliphatic heterocycles. The lowest BCUT2D eigenvalue weighted by atomic mass is 10.2. The van der Waals surface area contributed by atoms with Crippen molar-refractivity contribution in [1.29, 1.82) is 0 Å². The second-order valence-corrected chi connectivity index (χ2v) is 6.25. The molecule has 0 aliphatic carbocycles. The summed E-state index contributed by atoms with van der Waals surface area (Å²) in [6.45, 7) is 6.11. The van der Waals surface area contributed by atoms with Crippen molar-refractivity contribution in [2.45, 2.75) is 25.5 Å². The zero-order valence-corrected chi connectivity index (χ0v) is 13.4. The number of morpholine rings is 1. The monoisotopic (exact) mass is 303 g/mol. The standard InChI is InChI=1S/C17H25N3O2/c1-13(18-11-15-12-19(2)9-10-22-15)17(21)20-8-7-14-5-3-4-6-16(14)20/h3-6,13,15,18H,7-12H2,1-2H3/t13-,15-/m0/s1. The Kier molecular flexibility index (Phi) is 4.76. The van der Waals surface area contributed by atoms with Gasteiger partial charge in [0.1, 0.15) is 0 Å². The van der Waals surface area contributed by atoms with Gasteiger partial charge in [0.25, 0.3) is 0 Å². The van der Waals surface area contributed by atoms with E-state index in [1.807, 2.05) is 30.0 Å². The second kappa shape index (κ2) is 6.77. The summed E-state index contributed by atoms with van der Waals surface area (Å²) in [5.74, 6) is 0.147. The fourth-order valence-electron chi connectivity index (χ4n) is 3.19. The molecule has 0 radical (unpaired) electrons. The van der Waals surface area contributed by atoms with E-state index in [1.165, 1.54) is 5.56 Å². The maximum absolute atomic E-state index is 12.7. The van der Waals surface area contributed by atoms with Crippen LogP contribution in [0, 0.1) is 0 Å². The van der Waals surface area contributed by atoms with Gasteiger partial charge in [-0.05, 0) is 32.0 Å². The van der Waals surface area contributed by atoms with E-state index in [4.69, 9.17) is 4.74 Å². The third-order valence-electron chi connectivity index (χ3n) is 4.52. The molecule has 2 aliphatic rings. The van der Waals surface area contributed by atoms with E-state index in [1.54, 1.807) is 0 Å². The molecule has 0 bridgehead atoms. The highest BCUT2D eigenvalue weighted by atomic mass is 16.5. The molecule has 1 aromatic carbocycles. The highest BCUT2D eigenvalue weighted by molar-refractivity contribution is 5.98. The van der Waals surface area contributed by atoms with E-state index >= 15 is 0 Å². The molecule has 0 aromatic heterocycles. The topological polar surface area (TPSA) is 44.8 Å². The van der Waals surface area contributed by atoms with Gasteiger partial charge in [-0.15, -0.1) is 0 Å². The molecule has 0 saturated carbocycles. The van der Waals surface area contributed by atoms with Crippen LogP contribution in [0.3, 0.4) is 0 Å². The van der Waals surface area contributed by atoms with Crippen molar-refractivity contribution in [3.05, 3.63) is 29.8 Å². The Hall–Kier alpha value is -1.43. The maximum atomic E-state index is 12.7. The van der Waals surface area contributed by atoms with Crippen molar-refractivity contribution in [1.82, 2.24) is 10.2 Å². The van der Waals surface area contributed by atoms with Gasteiger partial charge < -0.3 is 19.9 Å². The Balaban J connectivity index is 1.54. The zero-order valence-electron chi connectivity index (χ0n) is 13.4. The first-order valence-electron chi connectivity index (χ1n) is 8.08. The lowest BCUT2D eigenvalue weighted by Gasteiger charge is -2.31. The number of nitrogens with zero attached hydrogens (tertiary/aromatic N) is 2. The molecule has 1 aromatic rings. The van der Waals surface area contributed by atoms with Crippen molar-refractivity contribution >= 4 is 11.6 Å². The normalized spacial score (nSPS) is 23.4. The van der Waals surface area contributed by atoms with Crippen molar-refractivity contribution in [3.63, 3.8) is 0 Å². The number of benzene rings is 1. The van der Waals surface area contributed by atoms with Gasteiger partial charge in [0.15, 0.2) is 0 Å². The molecule has 0 spiro atoms. The number of ether oxygens (including phenoxy) is 1. The highest BCUT2D eigenvalue weighted by Gasteiger charge is 2.28. The number of rotatable bonds is 4. The van der Waals surface area contributed by atoms with Crippen LogP contribution in [0.25, 0.3) is 0 Å². The molecule has 3 rings (SSSR count). The Labute approximate surface area is 132 Å². The van der Waals surface area contributed by atoms with Crippen LogP contribution < -0.4 is 10.2 Å². The number of fused-ring (bicyclic) bond motifs is 1. The molecule has 1 saturated heterocycles. The lowest BCUT2D eigenvalue weighted by Crippen LogP contribution is -2.50. The number of anilines is 1. The third kappa shape index (κ3) is 3.32. The molecule has 5 nitrogen and oxygen atoms in total. The number of amides is 1. The van der Waals surface area contributed by atoms with E-state index in [2.05, 4.69) is 23.3 Å². The number of likely N-dealkylation sites (N-methyl/N-ethyl adjacent to an activating group) is 1. The van der Waals surface area contributed by atoms with Crippen LogP contribution in [-0.2, 0) is 16.0 Å². The Morgan fingerprint density at radius 2 is 2.23 bits per heavy atom. The predicted molar refractivity (Wildman–Crippen MR) is 87.2 cm³/mol. The van der Waals surface area contributed by atoms with E-state index in [9.17, 15) is 4.79 Å². The van der Waals surface area contributed by atoms with Crippen LogP contribution in [0.4, 0.5) is 5.69 Å². The molecule has 2 heterocycles. The molecule has 1 fully saturated rings. The van der Waals surface area contributed by atoms with Crippen LogP contribution in [0.1, 0.15) is 12.5 Å². The third-order valence-corrected chi connectivity index (χ3v) is 4.52. The highest BCUT2D eigenvalue weighted by Crippen LogP contribution is 2.27. The minimum absolute atomic E-state index is 0.147. The van der Waals surface area contributed by atoms with Crippen molar-refractivity contribution < 1.29 is 9.53 Å². The largest absolute Gasteiger partial charge is 0.374 e. The van der Waals surface area contributed by atoms with Crippen LogP contribution in [0.15, 0.2) is 24.3 Å². The maximum Gasteiger partial charge on any atom is 0.243 e. The molecule has 2 atom stereocenters. The number of para-hydroxylation sites is 1. The fraction of sp³-hybridized carbons (Fsp3) is 0.588. The quantitative estimate of drug-likeness (QED) is 0.897. The number of hydrogen-bond donors (Lipinski definition) is 1. The molecular weight excluding hydrogens is 278 g/mol. The Morgan fingerprint density at radius 3 is 3.05 bits per heavy atom. The Morgan fingerprint density at radius 1 is 1.41 bits per heavy atom. The minimum atomic E-state index is -0.193. The smallest absolute Gasteiger partial charge is 0.243 e. The van der Waals surface area contributed by atoms with E-state index < -0.39 is 0 Å². The first-order valence-corrected chi connectivity index (χ1v) is 8.08. The molecule has 120 valence electrons. The molecular formula is C17H25N3O2. The summed E-state index contributed by atoms with van der Waals surface area (Å²) >= 11 is 0. The van der Waals surface area contributed by atoms with E-state index in [0.717, 1.165) is 38.3 Å². The van der Waals surface area contributed by atoms with Gasteiger partial charge in [-0.3, -0.25) is 4.79 Å². The average molecular weight is 303 g/mol. The number of carbonyl (C=O) groups is 1. The minimum Gasteiger partial charge on any atom is -0.374 e. The summed E-state index contributed by atoms with van der Waals surface area (Å²) in [5, 5.41) is 3.34. The number of nitrogens with one attached hydrogen (secondary N) is 1. The zero-order chi connectivity index (χ0) is 15.5. The van der Waals surface area contributed by atoms with E-state index in [-0.39, 0.29) is 18.1 Å². The molecule has 5 heteroatoms. The van der Waals surface area contributed by atoms with Gasteiger partial charge in [-0.1, -0.05) is 18.2 Å². The fourth-order valence-corrected chi connectivity index (χ4v) is 3.19. The lowest BCUT2D eigenvalue weighted by molar-refractivity contribution is -0.120. The second-order valence-electron chi connectivity index (χ2n) is 6.25. The predicted octanol–water partition coefficient (Wildman–Crippen LogP) is 0.884. The van der Waals surface area contributed by atoms with Crippen LogP contribution >= 0.6 is 0 Å². The van der Waals surface area contributed by atoms with Gasteiger partial charge in [-0.2, -0.15) is 0 Å². The van der Waals surface area contributed by atoms with Gasteiger partial charge in [0, 0.05) is 31.9 Å². The summed E-state index contributed by atoms with van der Waals surface area (Å²) in [6.07, 6.45) is 1.12. The molecule has 1 N–H and O–H groups in total. The van der Waals surface area contributed by atoms with Gasteiger partial charge >= 0.3 is 0 Å². The molecule has 0 unspecified atom stereocenters. The van der Waals surface area contributed by atoms with Crippen molar-refractivity contribution in [2.24, 2.45) is 0 Å². The van der Waals surface area contributed by atoms with Crippen LogP contribution in [-0.4, -0.2) is 62.8 Å². The Bertz CT molecular complexity index is 534. The summed E-state index contributed by atoms with van der Waals surface area (Å²) in [6, 6.07) is 7.97. The first kappa shape index (κ1) is 15.5. The number of hydrogen-bond acceptors (Lipinski definition) is 4. The van der Waals surface area contributed by atoms with Gasteiger partial charge in [-0.25, -0.2) is 0 Å². The first-order chi connectivity index (χ1) is 10.6. The van der Waals surface area contributed by atoms with Gasteiger partial charge in [0.05, 0.1) is 18.8 Å². The SMILES string of the molecule is C[C@H](NC[C@H]1CN(C)CCO1)C(=O)N1CCc2ccccc21. The van der Waals surface area contributed by atoms with Gasteiger partial charge in [0.2, 0.25) is 5.91 Å². The average Bonchev–Trinajstić information content (AvgIpc) is 2.96. The van der Waals surface area contributed by atoms with Crippen molar-refractivity contribution in [3.8, 4) is 0 Å². The molecule has 22 heavy (non-hydrogen) atoms. The summed E-state index contributed by atoms with van der Waals surface area (Å²) < 4.78 is 5.73. The summed E-state index contributed by atoms with van der Waals surface area (Å²) in [7, 11) is 2.10. The summed E-state index contributed by atoms with van der Waals surface area (Å²) in [5.41, 5.74) is 2.33. The number of carbonyl (C=O) groups excluding carboxylic acids is 1. The van der Waals surface area contributed by atoms with E-state index in [0.29, 0.717) is 6.54 Å². The van der Waals surface area contributed by atoms with Crippen LogP contribution in [0.2, 0.25) is 0 Å². The summed E-state index contributed by atoms with van der Waals surface area (Å²) in [4.78, 5) is 16.8. The molecule has 1 amide bonds.